The monoisotopic (exact) mass is 266 g/mol. The lowest BCUT2D eigenvalue weighted by Gasteiger charge is -1.95. The molecule has 0 fully saturated rings. The molecule has 0 saturated heterocycles. The number of hydrogen-bond acceptors (Lipinski definition) is 6. The zero-order chi connectivity index (χ0) is 10.8. The van der Waals surface area contributed by atoms with Gasteiger partial charge in [0.15, 0.2) is 8.64 Å². The minimum atomic E-state index is 0.613. The molecule has 0 aromatic carbocycles. The second-order valence-electron chi connectivity index (χ2n) is 1.76. The second kappa shape index (κ2) is 9.38. The predicted molar refractivity (Wildman–Crippen MR) is 75.5 cm³/mol. The van der Waals surface area contributed by atoms with Crippen molar-refractivity contribution in [3.63, 3.8) is 0 Å². The molecule has 0 saturated carbocycles. The average molecular weight is 266 g/mol. The molecule has 0 atom stereocenters. The van der Waals surface area contributed by atoms with Crippen molar-refractivity contribution in [2.75, 3.05) is 12.5 Å². The van der Waals surface area contributed by atoms with Gasteiger partial charge >= 0.3 is 0 Å². The molecule has 0 heterocycles. The minimum absolute atomic E-state index is 0.613. The predicted octanol–water partition coefficient (Wildman–Crippen LogP) is 1.43. The standard InChI is InChI=1S/C6H10N4S4/c1-13-5(11)9-7-3-4-8-10-6(12)14-2/h3-4H,1-2H3,(H,9,11)(H,10,12)/b7-3-,8-4-. The summed E-state index contributed by atoms with van der Waals surface area (Å²) in [4.78, 5) is 0. The molecular weight excluding hydrogens is 256 g/mol. The van der Waals surface area contributed by atoms with Crippen LogP contribution in [-0.4, -0.2) is 33.6 Å². The molecule has 0 unspecified atom stereocenters. The molecule has 2 N–H and O–H groups in total. The van der Waals surface area contributed by atoms with Crippen LogP contribution < -0.4 is 10.9 Å². The van der Waals surface area contributed by atoms with Gasteiger partial charge in [0.25, 0.3) is 0 Å². The van der Waals surface area contributed by atoms with Gasteiger partial charge in [-0.2, -0.15) is 10.2 Å². The highest BCUT2D eigenvalue weighted by Crippen LogP contribution is 1.92. The number of rotatable bonds is 3. The topological polar surface area (TPSA) is 48.8 Å². The van der Waals surface area contributed by atoms with Crippen molar-refractivity contribution in [2.24, 2.45) is 10.2 Å². The number of nitrogens with zero attached hydrogens (tertiary/aromatic N) is 2. The van der Waals surface area contributed by atoms with E-state index in [1.165, 1.54) is 36.0 Å². The first-order chi connectivity index (χ1) is 6.70. The van der Waals surface area contributed by atoms with E-state index in [1.54, 1.807) is 0 Å². The van der Waals surface area contributed by atoms with Crippen LogP contribution in [-0.2, 0) is 0 Å². The van der Waals surface area contributed by atoms with Gasteiger partial charge in [0, 0.05) is 0 Å². The Balaban J connectivity index is 3.60. The summed E-state index contributed by atoms with van der Waals surface area (Å²) < 4.78 is 1.23. The molecule has 14 heavy (non-hydrogen) atoms. The molecule has 0 aliphatic rings. The van der Waals surface area contributed by atoms with E-state index in [2.05, 4.69) is 21.1 Å². The number of thioether (sulfide) groups is 2. The van der Waals surface area contributed by atoms with E-state index in [0.29, 0.717) is 8.64 Å². The summed E-state index contributed by atoms with van der Waals surface area (Å²) in [5.41, 5.74) is 5.28. The molecule has 0 spiro atoms. The first-order valence-corrected chi connectivity index (χ1v) is 6.70. The molecule has 0 aliphatic heterocycles. The minimum Gasteiger partial charge on any atom is -0.262 e. The molecule has 0 bridgehead atoms. The van der Waals surface area contributed by atoms with Crippen LogP contribution in [0.25, 0.3) is 0 Å². The van der Waals surface area contributed by atoms with E-state index < -0.39 is 0 Å². The summed E-state index contributed by atoms with van der Waals surface area (Å²) in [6, 6.07) is 0. The number of hydrazone groups is 2. The van der Waals surface area contributed by atoms with Crippen LogP contribution >= 0.6 is 48.0 Å². The van der Waals surface area contributed by atoms with Crippen LogP contribution in [0.5, 0.6) is 0 Å². The summed E-state index contributed by atoms with van der Waals surface area (Å²) in [5.74, 6) is 0. The summed E-state index contributed by atoms with van der Waals surface area (Å²) >= 11 is 12.5. The Bertz CT molecular complexity index is 224. The largest absolute Gasteiger partial charge is 0.262 e. The van der Waals surface area contributed by atoms with Crippen molar-refractivity contribution in [1.82, 2.24) is 10.9 Å². The molecule has 0 aromatic rings. The fourth-order valence-electron chi connectivity index (χ4n) is 0.338. The summed E-state index contributed by atoms with van der Waals surface area (Å²) in [7, 11) is 0. The highest BCUT2D eigenvalue weighted by atomic mass is 32.2. The van der Waals surface area contributed by atoms with Gasteiger partial charge in [-0.05, 0) is 12.5 Å². The van der Waals surface area contributed by atoms with Gasteiger partial charge in [0.2, 0.25) is 0 Å². The van der Waals surface area contributed by atoms with Crippen molar-refractivity contribution < 1.29 is 0 Å². The second-order valence-corrected chi connectivity index (χ2v) is 4.73. The van der Waals surface area contributed by atoms with E-state index in [1.807, 2.05) is 12.5 Å². The van der Waals surface area contributed by atoms with E-state index >= 15 is 0 Å². The van der Waals surface area contributed by atoms with Crippen LogP contribution in [0, 0.1) is 0 Å². The van der Waals surface area contributed by atoms with Crippen molar-refractivity contribution in [3.05, 3.63) is 0 Å². The van der Waals surface area contributed by atoms with Gasteiger partial charge in [0.05, 0.1) is 12.4 Å². The zero-order valence-corrected chi connectivity index (χ0v) is 10.9. The van der Waals surface area contributed by atoms with Crippen molar-refractivity contribution in [3.8, 4) is 0 Å². The quantitative estimate of drug-likeness (QED) is 0.458. The molecule has 78 valence electrons. The van der Waals surface area contributed by atoms with Crippen LogP contribution in [0.3, 0.4) is 0 Å². The highest BCUT2D eigenvalue weighted by molar-refractivity contribution is 8.22. The van der Waals surface area contributed by atoms with E-state index in [9.17, 15) is 0 Å². The smallest absolute Gasteiger partial charge is 0.153 e. The Labute approximate surface area is 102 Å². The maximum atomic E-state index is 4.85. The van der Waals surface area contributed by atoms with Gasteiger partial charge in [-0.1, -0.05) is 48.0 Å². The van der Waals surface area contributed by atoms with Crippen molar-refractivity contribution in [2.45, 2.75) is 0 Å². The first-order valence-electron chi connectivity index (χ1n) is 3.43. The van der Waals surface area contributed by atoms with Gasteiger partial charge in [-0.25, -0.2) is 0 Å². The Kier molecular flexibility index (Phi) is 9.26. The maximum absolute atomic E-state index is 4.85. The Morgan fingerprint density at radius 2 is 1.36 bits per heavy atom. The first kappa shape index (κ1) is 13.8. The lowest BCUT2D eigenvalue weighted by Crippen LogP contribution is -2.12. The highest BCUT2D eigenvalue weighted by Gasteiger charge is 1.86. The van der Waals surface area contributed by atoms with Gasteiger partial charge < -0.3 is 0 Å². The summed E-state index contributed by atoms with van der Waals surface area (Å²) in [6.45, 7) is 0. The van der Waals surface area contributed by atoms with Crippen LogP contribution in [0.2, 0.25) is 0 Å². The number of thiocarbonyl (C=S) groups is 2. The lowest BCUT2D eigenvalue weighted by atomic mass is 10.8. The molecule has 4 nitrogen and oxygen atoms in total. The third-order valence-corrected chi connectivity index (χ3v) is 3.00. The average Bonchev–Trinajstić information content (AvgIpc) is 2.22. The van der Waals surface area contributed by atoms with Gasteiger partial charge in [-0.15, -0.1) is 0 Å². The number of nitrogens with one attached hydrogen (secondary N) is 2. The Hall–Kier alpha value is -0.180. The molecule has 8 heteroatoms. The summed E-state index contributed by atoms with van der Waals surface area (Å²) in [6.07, 6.45) is 6.71. The third kappa shape index (κ3) is 8.42. The Morgan fingerprint density at radius 1 is 1.00 bits per heavy atom. The summed E-state index contributed by atoms with van der Waals surface area (Å²) in [5, 5.41) is 7.58. The van der Waals surface area contributed by atoms with Gasteiger partial charge in [0.1, 0.15) is 0 Å². The fourth-order valence-corrected chi connectivity index (χ4v) is 0.731. The molecule has 0 rings (SSSR count). The molecule has 0 amide bonds. The third-order valence-electron chi connectivity index (χ3n) is 0.898. The van der Waals surface area contributed by atoms with E-state index in [0.717, 1.165) is 0 Å². The number of hydrogen-bond donors (Lipinski definition) is 2. The molecular formula is C6H10N4S4. The van der Waals surface area contributed by atoms with Crippen LogP contribution in [0.4, 0.5) is 0 Å². The molecule has 0 radical (unpaired) electrons. The zero-order valence-electron chi connectivity index (χ0n) is 7.68. The molecule has 0 aliphatic carbocycles. The normalized spacial score (nSPS) is 10.7. The van der Waals surface area contributed by atoms with Crippen LogP contribution in [0.15, 0.2) is 10.2 Å². The van der Waals surface area contributed by atoms with E-state index in [4.69, 9.17) is 24.4 Å². The lowest BCUT2D eigenvalue weighted by molar-refractivity contribution is 1.07. The van der Waals surface area contributed by atoms with Gasteiger partial charge in [-0.3, -0.25) is 10.9 Å². The maximum Gasteiger partial charge on any atom is 0.153 e. The Morgan fingerprint density at radius 3 is 1.64 bits per heavy atom. The van der Waals surface area contributed by atoms with Crippen molar-refractivity contribution in [1.29, 1.82) is 0 Å². The molecule has 0 aromatic heterocycles. The SMILES string of the molecule is CSC(=S)N/N=C\C=N/NC(=S)SC. The van der Waals surface area contributed by atoms with Crippen molar-refractivity contribution >= 4 is 69.0 Å². The van der Waals surface area contributed by atoms with E-state index in [-0.39, 0.29) is 0 Å². The van der Waals surface area contributed by atoms with Crippen LogP contribution in [0.1, 0.15) is 0 Å². The fraction of sp³-hybridized carbons (Fsp3) is 0.333.